The van der Waals surface area contributed by atoms with Gasteiger partial charge in [-0.25, -0.2) is 4.98 Å². The molecule has 0 unspecified atom stereocenters. The van der Waals surface area contributed by atoms with Crippen LogP contribution in [0.4, 0.5) is 0 Å². The van der Waals surface area contributed by atoms with Gasteiger partial charge >= 0.3 is 0 Å². The van der Waals surface area contributed by atoms with Crippen molar-refractivity contribution < 1.29 is 4.79 Å². The number of carbonyl (C=O) groups is 1. The molecule has 0 spiro atoms. The highest BCUT2D eigenvalue weighted by Crippen LogP contribution is 2.28. The van der Waals surface area contributed by atoms with Crippen LogP contribution in [0.5, 0.6) is 0 Å². The van der Waals surface area contributed by atoms with Gasteiger partial charge in [-0.3, -0.25) is 4.79 Å². The van der Waals surface area contributed by atoms with Gasteiger partial charge in [0.15, 0.2) is 0 Å². The number of hydrogen-bond acceptors (Lipinski definition) is 2. The van der Waals surface area contributed by atoms with Crippen molar-refractivity contribution in [1.29, 1.82) is 0 Å². The van der Waals surface area contributed by atoms with Crippen molar-refractivity contribution in [2.45, 2.75) is 71.3 Å². The van der Waals surface area contributed by atoms with Crippen LogP contribution in [-0.2, 0) is 11.3 Å². The second kappa shape index (κ2) is 7.98. The summed E-state index contributed by atoms with van der Waals surface area (Å²) >= 11 is 0. The second-order valence-electron chi connectivity index (χ2n) is 7.49. The minimum atomic E-state index is 0.396. The van der Waals surface area contributed by atoms with E-state index in [9.17, 15) is 4.79 Å². The molecule has 2 heterocycles. The maximum Gasteiger partial charge on any atom is 0.222 e. The number of nitrogens with zero attached hydrogens (tertiary/aromatic N) is 3. The number of rotatable bonds is 5. The molecule has 1 saturated carbocycles. The molecule has 2 fully saturated rings. The molecule has 128 valence electrons. The van der Waals surface area contributed by atoms with Gasteiger partial charge in [-0.05, 0) is 38.0 Å². The summed E-state index contributed by atoms with van der Waals surface area (Å²) in [6.45, 7) is 5.00. The summed E-state index contributed by atoms with van der Waals surface area (Å²) in [5.41, 5.74) is 0. The number of amides is 1. The van der Waals surface area contributed by atoms with E-state index in [0.29, 0.717) is 11.8 Å². The van der Waals surface area contributed by atoms with Crippen molar-refractivity contribution in [2.24, 2.45) is 11.8 Å². The summed E-state index contributed by atoms with van der Waals surface area (Å²) in [7, 11) is 0. The Morgan fingerprint density at radius 1 is 1.13 bits per heavy atom. The van der Waals surface area contributed by atoms with Gasteiger partial charge in [-0.1, -0.05) is 32.1 Å². The third-order valence-electron chi connectivity index (χ3n) is 5.84. The Morgan fingerprint density at radius 2 is 1.87 bits per heavy atom. The second-order valence-corrected chi connectivity index (χ2v) is 7.49. The van der Waals surface area contributed by atoms with Gasteiger partial charge in [0.2, 0.25) is 5.91 Å². The number of carbonyl (C=O) groups excluding carboxylic acids is 1. The number of piperidine rings is 1. The van der Waals surface area contributed by atoms with E-state index >= 15 is 0 Å². The highest BCUT2D eigenvalue weighted by molar-refractivity contribution is 5.76. The molecule has 1 aromatic heterocycles. The standard InChI is InChI=1S/C19H31N3O/c1-16-20-11-14-22(16)15-18-9-12-21(13-10-18)19(23)8-7-17-5-3-2-4-6-17/h11,14,17-18H,2-10,12-13,15H2,1H3. The number of likely N-dealkylation sites (tertiary alicyclic amines) is 1. The molecule has 3 rings (SSSR count). The van der Waals surface area contributed by atoms with Crippen LogP contribution in [0.1, 0.15) is 63.6 Å². The molecule has 1 aliphatic heterocycles. The summed E-state index contributed by atoms with van der Waals surface area (Å²) < 4.78 is 2.24. The largest absolute Gasteiger partial charge is 0.343 e. The number of hydrogen-bond donors (Lipinski definition) is 0. The molecule has 1 amide bonds. The van der Waals surface area contributed by atoms with E-state index in [-0.39, 0.29) is 0 Å². The van der Waals surface area contributed by atoms with E-state index in [4.69, 9.17) is 0 Å². The molecule has 1 saturated heterocycles. The normalized spacial score (nSPS) is 20.8. The summed E-state index contributed by atoms with van der Waals surface area (Å²) in [4.78, 5) is 18.8. The van der Waals surface area contributed by atoms with Crippen LogP contribution in [0.3, 0.4) is 0 Å². The van der Waals surface area contributed by atoms with Gasteiger partial charge in [0.1, 0.15) is 5.82 Å². The van der Waals surface area contributed by atoms with E-state index in [1.54, 1.807) is 0 Å². The molecule has 0 aromatic carbocycles. The van der Waals surface area contributed by atoms with E-state index in [2.05, 4.69) is 27.6 Å². The van der Waals surface area contributed by atoms with Gasteiger partial charge in [-0.2, -0.15) is 0 Å². The molecular weight excluding hydrogens is 286 g/mol. The lowest BCUT2D eigenvalue weighted by Gasteiger charge is -2.33. The number of aromatic nitrogens is 2. The monoisotopic (exact) mass is 317 g/mol. The number of imidazole rings is 1. The molecule has 23 heavy (non-hydrogen) atoms. The fraction of sp³-hybridized carbons (Fsp3) is 0.789. The van der Waals surface area contributed by atoms with Crippen LogP contribution >= 0.6 is 0 Å². The highest BCUT2D eigenvalue weighted by atomic mass is 16.2. The third kappa shape index (κ3) is 4.58. The highest BCUT2D eigenvalue weighted by Gasteiger charge is 2.24. The van der Waals surface area contributed by atoms with Gasteiger partial charge in [-0.15, -0.1) is 0 Å². The molecule has 0 N–H and O–H groups in total. The Kier molecular flexibility index (Phi) is 5.74. The molecule has 1 aromatic rings. The molecule has 0 radical (unpaired) electrons. The first-order valence-corrected chi connectivity index (χ1v) is 9.48. The van der Waals surface area contributed by atoms with Gasteiger partial charge in [0.05, 0.1) is 0 Å². The lowest BCUT2D eigenvalue weighted by atomic mass is 9.86. The Labute approximate surface area is 140 Å². The van der Waals surface area contributed by atoms with Crippen molar-refractivity contribution >= 4 is 5.91 Å². The quantitative estimate of drug-likeness (QED) is 0.828. The maximum atomic E-state index is 12.4. The van der Waals surface area contributed by atoms with Crippen molar-refractivity contribution in [2.75, 3.05) is 13.1 Å². The summed E-state index contributed by atoms with van der Waals surface area (Å²) in [6.07, 6.45) is 14.9. The van der Waals surface area contributed by atoms with Crippen molar-refractivity contribution in [3.05, 3.63) is 18.2 Å². The lowest BCUT2D eigenvalue weighted by molar-refractivity contribution is -0.133. The van der Waals surface area contributed by atoms with Crippen molar-refractivity contribution in [3.8, 4) is 0 Å². The first-order chi connectivity index (χ1) is 11.2. The van der Waals surface area contributed by atoms with Gasteiger partial charge < -0.3 is 9.47 Å². The first kappa shape index (κ1) is 16.5. The minimum Gasteiger partial charge on any atom is -0.343 e. The SMILES string of the molecule is Cc1nccn1CC1CCN(C(=O)CCC2CCCCC2)CC1. The number of aryl methyl sites for hydroxylation is 1. The van der Waals surface area contributed by atoms with E-state index < -0.39 is 0 Å². The fourth-order valence-electron chi connectivity index (χ4n) is 4.20. The molecule has 0 bridgehead atoms. The molecule has 0 atom stereocenters. The molecular formula is C19H31N3O. The summed E-state index contributed by atoms with van der Waals surface area (Å²) in [5, 5.41) is 0. The van der Waals surface area contributed by atoms with Crippen LogP contribution in [0.15, 0.2) is 12.4 Å². The molecule has 4 heteroatoms. The first-order valence-electron chi connectivity index (χ1n) is 9.48. The lowest BCUT2D eigenvalue weighted by Crippen LogP contribution is -2.39. The Morgan fingerprint density at radius 3 is 2.52 bits per heavy atom. The zero-order valence-electron chi connectivity index (χ0n) is 14.5. The predicted molar refractivity (Wildman–Crippen MR) is 92.1 cm³/mol. The predicted octanol–water partition coefficient (Wildman–Crippen LogP) is 3.79. The fourth-order valence-corrected chi connectivity index (χ4v) is 4.20. The Bertz CT molecular complexity index is 496. The van der Waals surface area contributed by atoms with Crippen LogP contribution in [0, 0.1) is 18.8 Å². The van der Waals surface area contributed by atoms with E-state index in [1.165, 1.54) is 32.1 Å². The third-order valence-corrected chi connectivity index (χ3v) is 5.84. The summed E-state index contributed by atoms with van der Waals surface area (Å²) in [5.74, 6) is 2.99. The average Bonchev–Trinajstić information content (AvgIpc) is 2.99. The zero-order valence-corrected chi connectivity index (χ0v) is 14.5. The molecule has 4 nitrogen and oxygen atoms in total. The van der Waals surface area contributed by atoms with Crippen LogP contribution < -0.4 is 0 Å². The Hall–Kier alpha value is -1.32. The molecule has 2 aliphatic rings. The smallest absolute Gasteiger partial charge is 0.222 e. The van der Waals surface area contributed by atoms with Crippen molar-refractivity contribution in [1.82, 2.24) is 14.5 Å². The van der Waals surface area contributed by atoms with Crippen molar-refractivity contribution in [3.63, 3.8) is 0 Å². The van der Waals surface area contributed by atoms with Gasteiger partial charge in [0.25, 0.3) is 0 Å². The Balaban J connectivity index is 1.38. The minimum absolute atomic E-state index is 0.396. The molecule has 1 aliphatic carbocycles. The van der Waals surface area contributed by atoms with Gasteiger partial charge in [0, 0.05) is 38.4 Å². The van der Waals surface area contributed by atoms with Crippen LogP contribution in [0.25, 0.3) is 0 Å². The average molecular weight is 317 g/mol. The van der Waals surface area contributed by atoms with Crippen LogP contribution in [0.2, 0.25) is 0 Å². The zero-order chi connectivity index (χ0) is 16.1. The van der Waals surface area contributed by atoms with E-state index in [0.717, 1.165) is 57.1 Å². The topological polar surface area (TPSA) is 38.1 Å². The van der Waals surface area contributed by atoms with Crippen LogP contribution in [-0.4, -0.2) is 33.4 Å². The maximum absolute atomic E-state index is 12.4. The summed E-state index contributed by atoms with van der Waals surface area (Å²) in [6, 6.07) is 0. The van der Waals surface area contributed by atoms with E-state index in [1.807, 2.05) is 6.20 Å².